The van der Waals surface area contributed by atoms with Gasteiger partial charge in [-0.1, -0.05) is 18.2 Å². The van der Waals surface area contributed by atoms with E-state index in [1.165, 1.54) is 6.92 Å². The summed E-state index contributed by atoms with van der Waals surface area (Å²) in [5.41, 5.74) is 1.85. The van der Waals surface area contributed by atoms with Crippen molar-refractivity contribution < 1.29 is 28.5 Å². The lowest BCUT2D eigenvalue weighted by Gasteiger charge is -2.20. The number of esters is 1. The lowest BCUT2D eigenvalue weighted by molar-refractivity contribution is -0.141. The van der Waals surface area contributed by atoms with Crippen molar-refractivity contribution in [2.45, 2.75) is 18.9 Å². The van der Waals surface area contributed by atoms with Crippen LogP contribution in [0.15, 0.2) is 36.4 Å². The predicted molar refractivity (Wildman–Crippen MR) is 95.3 cm³/mol. The summed E-state index contributed by atoms with van der Waals surface area (Å²) in [7, 11) is 4.78. The second-order valence-corrected chi connectivity index (χ2v) is 5.94. The van der Waals surface area contributed by atoms with E-state index in [4.69, 9.17) is 23.7 Å². The fourth-order valence-corrected chi connectivity index (χ4v) is 3.20. The summed E-state index contributed by atoms with van der Waals surface area (Å²) in [6, 6.07) is 11.3. The molecule has 0 radical (unpaired) electrons. The average Bonchev–Trinajstić information content (AvgIpc) is 3.04. The van der Waals surface area contributed by atoms with Crippen LogP contribution in [0.1, 0.15) is 30.1 Å². The second-order valence-electron chi connectivity index (χ2n) is 5.94. The van der Waals surface area contributed by atoms with Gasteiger partial charge >= 0.3 is 5.97 Å². The van der Waals surface area contributed by atoms with Gasteiger partial charge in [-0.25, -0.2) is 0 Å². The van der Waals surface area contributed by atoms with Gasteiger partial charge in [-0.05, 0) is 23.8 Å². The van der Waals surface area contributed by atoms with Gasteiger partial charge in [0.2, 0.25) is 0 Å². The molecular weight excluding hydrogens is 336 g/mol. The van der Waals surface area contributed by atoms with Crippen molar-refractivity contribution in [3.8, 4) is 23.0 Å². The molecule has 0 N–H and O–H groups in total. The average molecular weight is 358 g/mol. The standard InChI is InChI=1S/C20H22O6/c1-12(21)25-11-15-14-6-5-7-17(23-3)20(14)26-19(15)13-8-9-16(22-2)18(10-13)24-4/h5-10,15,19H,11H2,1-4H3/t15-,19+/m0/s1. The number of hydrogen-bond donors (Lipinski definition) is 0. The molecule has 0 spiro atoms. The van der Waals surface area contributed by atoms with E-state index in [0.717, 1.165) is 11.1 Å². The molecule has 1 aliphatic rings. The van der Waals surface area contributed by atoms with Crippen molar-refractivity contribution in [1.29, 1.82) is 0 Å². The van der Waals surface area contributed by atoms with Crippen molar-refractivity contribution in [2.24, 2.45) is 0 Å². The Morgan fingerprint density at radius 2 is 1.73 bits per heavy atom. The minimum Gasteiger partial charge on any atom is -0.493 e. The number of fused-ring (bicyclic) bond motifs is 1. The molecule has 26 heavy (non-hydrogen) atoms. The zero-order valence-corrected chi connectivity index (χ0v) is 15.3. The third-order valence-electron chi connectivity index (χ3n) is 4.44. The first-order valence-corrected chi connectivity index (χ1v) is 8.27. The number of ether oxygens (including phenoxy) is 5. The van der Waals surface area contributed by atoms with E-state index in [0.29, 0.717) is 23.0 Å². The van der Waals surface area contributed by atoms with Gasteiger partial charge in [0, 0.05) is 12.5 Å². The largest absolute Gasteiger partial charge is 0.493 e. The SMILES string of the molecule is COc1ccc([C@H]2Oc3c(OC)cccc3[C@@H]2COC(C)=O)cc1OC. The zero-order chi connectivity index (χ0) is 18.7. The van der Waals surface area contributed by atoms with Gasteiger partial charge < -0.3 is 23.7 Å². The lowest BCUT2D eigenvalue weighted by Crippen LogP contribution is -2.17. The molecule has 6 heteroatoms. The highest BCUT2D eigenvalue weighted by Gasteiger charge is 2.38. The van der Waals surface area contributed by atoms with Crippen LogP contribution in [0, 0.1) is 0 Å². The monoisotopic (exact) mass is 358 g/mol. The van der Waals surface area contributed by atoms with E-state index in [-0.39, 0.29) is 24.6 Å². The fourth-order valence-electron chi connectivity index (χ4n) is 3.20. The van der Waals surface area contributed by atoms with Crippen LogP contribution >= 0.6 is 0 Å². The second kappa shape index (κ2) is 7.56. The molecule has 138 valence electrons. The Morgan fingerprint density at radius 3 is 2.38 bits per heavy atom. The summed E-state index contributed by atoms with van der Waals surface area (Å²) in [6.45, 7) is 1.61. The molecule has 2 atom stereocenters. The molecule has 0 saturated heterocycles. The molecule has 3 rings (SSSR count). The van der Waals surface area contributed by atoms with Gasteiger partial charge in [0.1, 0.15) is 12.7 Å². The Morgan fingerprint density at radius 1 is 1.00 bits per heavy atom. The summed E-state index contributed by atoms with van der Waals surface area (Å²) in [4.78, 5) is 11.3. The molecule has 0 aromatic heterocycles. The topological polar surface area (TPSA) is 63.2 Å². The van der Waals surface area contributed by atoms with Crippen LogP contribution in [0.2, 0.25) is 0 Å². The minimum atomic E-state index is -0.333. The molecule has 0 bridgehead atoms. The Bertz CT molecular complexity index is 801. The van der Waals surface area contributed by atoms with Crippen LogP contribution < -0.4 is 18.9 Å². The molecule has 1 heterocycles. The van der Waals surface area contributed by atoms with Crippen molar-refractivity contribution >= 4 is 5.97 Å². The number of hydrogen-bond acceptors (Lipinski definition) is 6. The number of benzene rings is 2. The van der Waals surface area contributed by atoms with Crippen LogP contribution in [0.5, 0.6) is 23.0 Å². The molecule has 0 amide bonds. The van der Waals surface area contributed by atoms with Gasteiger partial charge in [0.05, 0.1) is 27.2 Å². The summed E-state index contributed by atoms with van der Waals surface area (Å²) >= 11 is 0. The molecular formula is C20H22O6. The Balaban J connectivity index is 2.01. The number of rotatable bonds is 6. The third-order valence-corrected chi connectivity index (χ3v) is 4.44. The highest BCUT2D eigenvalue weighted by atomic mass is 16.5. The maximum Gasteiger partial charge on any atom is 0.302 e. The smallest absolute Gasteiger partial charge is 0.302 e. The quantitative estimate of drug-likeness (QED) is 0.737. The van der Waals surface area contributed by atoms with Gasteiger partial charge in [-0.15, -0.1) is 0 Å². The molecule has 0 aliphatic carbocycles. The molecule has 0 unspecified atom stereocenters. The fraction of sp³-hybridized carbons (Fsp3) is 0.350. The van der Waals surface area contributed by atoms with Crippen LogP contribution in [0.25, 0.3) is 0 Å². The lowest BCUT2D eigenvalue weighted by atomic mass is 9.91. The van der Waals surface area contributed by atoms with Gasteiger partial charge in [0.25, 0.3) is 0 Å². The van der Waals surface area contributed by atoms with E-state index < -0.39 is 0 Å². The number of carbonyl (C=O) groups is 1. The number of methoxy groups -OCH3 is 3. The molecule has 2 aromatic carbocycles. The van der Waals surface area contributed by atoms with Gasteiger partial charge in [0.15, 0.2) is 23.0 Å². The van der Waals surface area contributed by atoms with E-state index in [9.17, 15) is 4.79 Å². The summed E-state index contributed by atoms with van der Waals surface area (Å²) < 4.78 is 27.6. The molecule has 1 aliphatic heterocycles. The van der Waals surface area contributed by atoms with Gasteiger partial charge in [-0.2, -0.15) is 0 Å². The molecule has 0 saturated carbocycles. The zero-order valence-electron chi connectivity index (χ0n) is 15.3. The Kier molecular flexibility index (Phi) is 5.21. The van der Waals surface area contributed by atoms with E-state index in [2.05, 4.69) is 0 Å². The minimum absolute atomic E-state index is 0.151. The Hall–Kier alpha value is -2.89. The summed E-state index contributed by atoms with van der Waals surface area (Å²) in [6.07, 6.45) is -0.333. The van der Waals surface area contributed by atoms with Crippen LogP contribution in [-0.2, 0) is 9.53 Å². The van der Waals surface area contributed by atoms with Crippen LogP contribution in [0.4, 0.5) is 0 Å². The Labute approximate surface area is 152 Å². The first kappa shape index (κ1) is 17.9. The van der Waals surface area contributed by atoms with E-state index in [1.807, 2.05) is 36.4 Å². The highest BCUT2D eigenvalue weighted by Crippen LogP contribution is 2.51. The summed E-state index contributed by atoms with van der Waals surface area (Å²) in [5, 5.41) is 0. The van der Waals surface area contributed by atoms with Crippen LogP contribution in [-0.4, -0.2) is 33.9 Å². The normalized spacial score (nSPS) is 17.8. The van der Waals surface area contributed by atoms with Crippen LogP contribution in [0.3, 0.4) is 0 Å². The maximum absolute atomic E-state index is 11.3. The number of para-hydroxylation sites is 1. The molecule has 0 fully saturated rings. The third kappa shape index (κ3) is 3.27. The van der Waals surface area contributed by atoms with Crippen molar-refractivity contribution in [2.75, 3.05) is 27.9 Å². The van der Waals surface area contributed by atoms with E-state index in [1.54, 1.807) is 21.3 Å². The van der Waals surface area contributed by atoms with E-state index >= 15 is 0 Å². The highest BCUT2D eigenvalue weighted by molar-refractivity contribution is 5.66. The maximum atomic E-state index is 11.3. The first-order chi connectivity index (χ1) is 12.6. The summed E-state index contributed by atoms with van der Waals surface area (Å²) in [5.74, 6) is 2.10. The predicted octanol–water partition coefficient (Wildman–Crippen LogP) is 3.49. The van der Waals surface area contributed by atoms with Crippen molar-refractivity contribution in [1.82, 2.24) is 0 Å². The molecule has 6 nitrogen and oxygen atoms in total. The molecule has 2 aromatic rings. The first-order valence-electron chi connectivity index (χ1n) is 8.27. The van der Waals surface area contributed by atoms with Crippen molar-refractivity contribution in [3.05, 3.63) is 47.5 Å². The van der Waals surface area contributed by atoms with Gasteiger partial charge in [-0.3, -0.25) is 4.79 Å². The van der Waals surface area contributed by atoms with Crippen molar-refractivity contribution in [3.63, 3.8) is 0 Å². The number of carbonyl (C=O) groups excluding carboxylic acids is 1.